The summed E-state index contributed by atoms with van der Waals surface area (Å²) in [6.07, 6.45) is 0. The zero-order chi connectivity index (χ0) is 13.8. The van der Waals surface area contributed by atoms with Crippen molar-refractivity contribution < 1.29 is 4.79 Å². The van der Waals surface area contributed by atoms with Gasteiger partial charge < -0.3 is 10.2 Å². The van der Waals surface area contributed by atoms with E-state index in [2.05, 4.69) is 35.2 Å². The van der Waals surface area contributed by atoms with E-state index in [1.807, 2.05) is 19.1 Å². The molecule has 1 aromatic carbocycles. The van der Waals surface area contributed by atoms with Crippen molar-refractivity contribution in [2.75, 3.05) is 45.1 Å². The van der Waals surface area contributed by atoms with Crippen LogP contribution in [0.2, 0.25) is 0 Å². The number of piperazine rings is 1. The molecule has 1 fully saturated rings. The number of likely N-dealkylation sites (N-methyl/N-ethyl adjacent to an activating group) is 1. The van der Waals surface area contributed by atoms with Crippen molar-refractivity contribution in [3.05, 3.63) is 29.3 Å². The molecule has 0 spiro atoms. The number of nitrogens with zero attached hydrogens (tertiary/aromatic N) is 2. The molecular weight excluding hydrogens is 238 g/mol. The van der Waals surface area contributed by atoms with Crippen LogP contribution < -0.4 is 5.32 Å². The smallest absolute Gasteiger partial charge is 0.238 e. The van der Waals surface area contributed by atoms with E-state index in [1.165, 1.54) is 5.56 Å². The van der Waals surface area contributed by atoms with Crippen molar-refractivity contribution in [3.63, 3.8) is 0 Å². The fourth-order valence-electron chi connectivity index (χ4n) is 2.29. The Hall–Kier alpha value is -1.39. The largest absolute Gasteiger partial charge is 0.325 e. The quantitative estimate of drug-likeness (QED) is 0.895. The third-order valence-corrected chi connectivity index (χ3v) is 3.84. The lowest BCUT2D eigenvalue weighted by Crippen LogP contribution is -2.47. The second kappa shape index (κ2) is 6.17. The van der Waals surface area contributed by atoms with Crippen LogP contribution in [0, 0.1) is 13.8 Å². The predicted molar refractivity (Wildman–Crippen MR) is 78.5 cm³/mol. The highest BCUT2D eigenvalue weighted by Crippen LogP contribution is 2.17. The fraction of sp³-hybridized carbons (Fsp3) is 0.533. The highest BCUT2D eigenvalue weighted by atomic mass is 16.2. The Kier molecular flexibility index (Phi) is 4.56. The third kappa shape index (κ3) is 3.78. The van der Waals surface area contributed by atoms with Gasteiger partial charge in [-0.2, -0.15) is 0 Å². The Labute approximate surface area is 115 Å². The molecule has 0 aliphatic carbocycles. The summed E-state index contributed by atoms with van der Waals surface area (Å²) >= 11 is 0. The summed E-state index contributed by atoms with van der Waals surface area (Å²) in [6, 6.07) is 6.00. The van der Waals surface area contributed by atoms with Gasteiger partial charge in [0, 0.05) is 31.9 Å². The van der Waals surface area contributed by atoms with E-state index in [9.17, 15) is 4.79 Å². The molecule has 1 heterocycles. The topological polar surface area (TPSA) is 35.6 Å². The van der Waals surface area contributed by atoms with E-state index in [0.29, 0.717) is 6.54 Å². The molecule has 104 valence electrons. The number of anilines is 1. The van der Waals surface area contributed by atoms with Crippen LogP contribution in [0.5, 0.6) is 0 Å². The van der Waals surface area contributed by atoms with Crippen LogP contribution in [0.25, 0.3) is 0 Å². The SMILES string of the molecule is Cc1cccc(NC(=O)CN2CCN(C)CC2)c1C. The number of amides is 1. The van der Waals surface area contributed by atoms with E-state index in [4.69, 9.17) is 0 Å². The molecule has 2 rings (SSSR count). The van der Waals surface area contributed by atoms with E-state index in [1.54, 1.807) is 0 Å². The number of rotatable bonds is 3. The molecule has 1 saturated heterocycles. The van der Waals surface area contributed by atoms with Gasteiger partial charge in [0.15, 0.2) is 0 Å². The van der Waals surface area contributed by atoms with Crippen LogP contribution in [-0.2, 0) is 4.79 Å². The normalized spacial score (nSPS) is 17.4. The van der Waals surface area contributed by atoms with Gasteiger partial charge in [-0.05, 0) is 38.1 Å². The molecule has 0 radical (unpaired) electrons. The van der Waals surface area contributed by atoms with E-state index in [-0.39, 0.29) is 5.91 Å². The number of hydrogen-bond acceptors (Lipinski definition) is 3. The molecule has 1 N–H and O–H groups in total. The highest BCUT2D eigenvalue weighted by molar-refractivity contribution is 5.93. The summed E-state index contributed by atoms with van der Waals surface area (Å²) < 4.78 is 0. The molecule has 1 aromatic rings. The molecule has 0 aromatic heterocycles. The Balaban J connectivity index is 1.89. The first-order chi connectivity index (χ1) is 9.06. The zero-order valence-corrected chi connectivity index (χ0v) is 12.1. The summed E-state index contributed by atoms with van der Waals surface area (Å²) in [5.41, 5.74) is 3.28. The second-order valence-electron chi connectivity index (χ2n) is 5.38. The average Bonchev–Trinajstić information content (AvgIpc) is 2.38. The summed E-state index contributed by atoms with van der Waals surface area (Å²) in [5.74, 6) is 0.0817. The first-order valence-electron chi connectivity index (χ1n) is 6.83. The lowest BCUT2D eigenvalue weighted by atomic mass is 10.1. The van der Waals surface area contributed by atoms with Gasteiger partial charge in [-0.1, -0.05) is 12.1 Å². The van der Waals surface area contributed by atoms with Gasteiger partial charge in [-0.15, -0.1) is 0 Å². The Morgan fingerprint density at radius 1 is 1.21 bits per heavy atom. The Morgan fingerprint density at radius 2 is 1.89 bits per heavy atom. The van der Waals surface area contributed by atoms with Gasteiger partial charge in [0.25, 0.3) is 0 Å². The number of hydrogen-bond donors (Lipinski definition) is 1. The van der Waals surface area contributed by atoms with Crippen LogP contribution in [0.3, 0.4) is 0 Å². The van der Waals surface area contributed by atoms with Gasteiger partial charge in [0.1, 0.15) is 0 Å². The van der Waals surface area contributed by atoms with Crippen molar-refractivity contribution in [3.8, 4) is 0 Å². The first kappa shape index (κ1) is 14.0. The summed E-state index contributed by atoms with van der Waals surface area (Å²) in [5, 5.41) is 3.02. The Bertz CT molecular complexity index is 451. The van der Waals surface area contributed by atoms with Gasteiger partial charge in [0.05, 0.1) is 6.54 Å². The molecule has 1 aliphatic heterocycles. The molecule has 19 heavy (non-hydrogen) atoms. The molecule has 0 atom stereocenters. The second-order valence-corrected chi connectivity index (χ2v) is 5.38. The maximum Gasteiger partial charge on any atom is 0.238 e. The van der Waals surface area contributed by atoms with Crippen LogP contribution in [-0.4, -0.2) is 55.5 Å². The maximum absolute atomic E-state index is 12.1. The molecule has 1 aliphatic rings. The average molecular weight is 261 g/mol. The number of carbonyl (C=O) groups excluding carboxylic acids is 1. The third-order valence-electron chi connectivity index (χ3n) is 3.84. The number of nitrogens with one attached hydrogen (secondary N) is 1. The molecule has 0 unspecified atom stereocenters. The summed E-state index contributed by atoms with van der Waals surface area (Å²) in [6.45, 7) is 8.61. The minimum atomic E-state index is 0.0817. The monoisotopic (exact) mass is 261 g/mol. The zero-order valence-electron chi connectivity index (χ0n) is 12.1. The van der Waals surface area contributed by atoms with Gasteiger partial charge >= 0.3 is 0 Å². The standard InChI is InChI=1S/C15H23N3O/c1-12-5-4-6-14(13(12)2)16-15(19)11-18-9-7-17(3)8-10-18/h4-6H,7-11H2,1-3H3,(H,16,19). The van der Waals surface area contributed by atoms with Crippen molar-refractivity contribution in [2.24, 2.45) is 0 Å². The molecule has 4 heteroatoms. The molecule has 1 amide bonds. The van der Waals surface area contributed by atoms with E-state index < -0.39 is 0 Å². The Morgan fingerprint density at radius 3 is 2.58 bits per heavy atom. The van der Waals surface area contributed by atoms with Crippen molar-refractivity contribution in [1.82, 2.24) is 9.80 Å². The number of carbonyl (C=O) groups is 1. The lowest BCUT2D eigenvalue weighted by Gasteiger charge is -2.31. The van der Waals surface area contributed by atoms with Crippen LogP contribution >= 0.6 is 0 Å². The minimum absolute atomic E-state index is 0.0817. The molecular formula is C15H23N3O. The van der Waals surface area contributed by atoms with Crippen molar-refractivity contribution in [2.45, 2.75) is 13.8 Å². The summed E-state index contributed by atoms with van der Waals surface area (Å²) in [7, 11) is 2.12. The maximum atomic E-state index is 12.1. The number of aryl methyl sites for hydroxylation is 1. The van der Waals surface area contributed by atoms with E-state index in [0.717, 1.165) is 37.4 Å². The summed E-state index contributed by atoms with van der Waals surface area (Å²) in [4.78, 5) is 16.6. The van der Waals surface area contributed by atoms with Crippen molar-refractivity contribution in [1.29, 1.82) is 0 Å². The van der Waals surface area contributed by atoms with Crippen LogP contribution in [0.15, 0.2) is 18.2 Å². The molecule has 4 nitrogen and oxygen atoms in total. The van der Waals surface area contributed by atoms with Crippen LogP contribution in [0.4, 0.5) is 5.69 Å². The van der Waals surface area contributed by atoms with Gasteiger partial charge in [0.2, 0.25) is 5.91 Å². The lowest BCUT2D eigenvalue weighted by molar-refractivity contribution is -0.117. The first-order valence-corrected chi connectivity index (χ1v) is 6.83. The highest BCUT2D eigenvalue weighted by Gasteiger charge is 2.16. The van der Waals surface area contributed by atoms with Gasteiger partial charge in [-0.25, -0.2) is 0 Å². The predicted octanol–water partition coefficient (Wildman–Crippen LogP) is 1.49. The molecule has 0 saturated carbocycles. The van der Waals surface area contributed by atoms with Crippen molar-refractivity contribution >= 4 is 11.6 Å². The van der Waals surface area contributed by atoms with Gasteiger partial charge in [-0.3, -0.25) is 9.69 Å². The molecule has 0 bridgehead atoms. The number of benzene rings is 1. The van der Waals surface area contributed by atoms with E-state index >= 15 is 0 Å². The minimum Gasteiger partial charge on any atom is -0.325 e. The van der Waals surface area contributed by atoms with Crippen LogP contribution in [0.1, 0.15) is 11.1 Å². The fourth-order valence-corrected chi connectivity index (χ4v) is 2.29.